The quantitative estimate of drug-likeness (QED) is 0.146. The third-order valence-electron chi connectivity index (χ3n) is 5.01. The molecule has 34 heavy (non-hydrogen) atoms. The fourth-order valence-electron chi connectivity index (χ4n) is 2.90. The van der Waals surface area contributed by atoms with Gasteiger partial charge in [-0.1, -0.05) is 97.3 Å². The number of rotatable bonds is 16. The molecule has 1 unspecified atom stereocenters. The maximum atomic E-state index is 12.3. The van der Waals surface area contributed by atoms with Crippen LogP contribution in [0.4, 0.5) is 26.3 Å². The predicted molar refractivity (Wildman–Crippen MR) is 122 cm³/mol. The Bertz CT molecular complexity index is 406. The Morgan fingerprint density at radius 2 is 1.03 bits per heavy atom. The summed E-state index contributed by atoms with van der Waals surface area (Å²) in [6.07, 6.45) is 11.9. The van der Waals surface area contributed by atoms with Crippen LogP contribution in [-0.2, 0) is 4.79 Å². The summed E-state index contributed by atoms with van der Waals surface area (Å²) in [4.78, 5) is 10.6. The van der Waals surface area contributed by atoms with Crippen LogP contribution in [0.25, 0.3) is 0 Å². The van der Waals surface area contributed by atoms with Crippen molar-refractivity contribution < 1.29 is 93.1 Å². The van der Waals surface area contributed by atoms with Gasteiger partial charge in [-0.15, -0.1) is 0 Å². The standard InChI is InChI=1S/C12H23F3O.C11H22O.CHF3.K.H2O/c1-3-4-5-6-7-8-9-10-11(2,16)12(13,14)15;1-3-4-5-6-7-8-9-10-11(2)12;2-1(3)4;;/h16H,3-10H2,1-2H3;3-10H2,1-2H3;1H;;1H2/q;;;+1;/p-1. The molecule has 0 aromatic rings. The van der Waals surface area contributed by atoms with Gasteiger partial charge in [-0.2, -0.15) is 26.3 Å². The molecule has 0 rings (SSSR count). The van der Waals surface area contributed by atoms with Gasteiger partial charge in [0.05, 0.1) is 0 Å². The van der Waals surface area contributed by atoms with Crippen molar-refractivity contribution in [3.63, 3.8) is 0 Å². The SMILES string of the molecule is CCCCCCCCCC(C)(O)C(F)(F)F.CCCCCCCCCC(C)=O.FC(F)F.[K+].[OH-]. The smallest absolute Gasteiger partial charge is 0.870 e. The largest absolute Gasteiger partial charge is 1.00 e. The number of hydrogen-bond acceptors (Lipinski definition) is 3. The molecule has 10 heteroatoms. The predicted octanol–water partition coefficient (Wildman–Crippen LogP) is 6.16. The molecule has 1 atom stereocenters. The van der Waals surface area contributed by atoms with Gasteiger partial charge in [-0.25, -0.2) is 0 Å². The van der Waals surface area contributed by atoms with Crippen LogP contribution in [0.2, 0.25) is 0 Å². The molecule has 0 aliphatic heterocycles. The first kappa shape index (κ1) is 44.8. The van der Waals surface area contributed by atoms with Crippen LogP contribution in [-0.4, -0.2) is 34.8 Å². The van der Waals surface area contributed by atoms with Crippen molar-refractivity contribution in [2.24, 2.45) is 0 Å². The van der Waals surface area contributed by atoms with Gasteiger partial charge in [-0.05, 0) is 26.7 Å². The van der Waals surface area contributed by atoms with E-state index in [4.69, 9.17) is 5.11 Å². The Hall–Kier alpha value is 0.806. The van der Waals surface area contributed by atoms with Crippen molar-refractivity contribution in [2.75, 3.05) is 0 Å². The fourth-order valence-corrected chi connectivity index (χ4v) is 2.90. The van der Waals surface area contributed by atoms with Crippen LogP contribution < -0.4 is 51.4 Å². The van der Waals surface area contributed by atoms with Gasteiger partial charge in [0.1, 0.15) is 5.78 Å². The molecule has 0 aliphatic carbocycles. The van der Waals surface area contributed by atoms with E-state index in [-0.39, 0.29) is 63.3 Å². The second kappa shape index (κ2) is 30.0. The zero-order valence-electron chi connectivity index (χ0n) is 22.0. The molecule has 0 spiro atoms. The van der Waals surface area contributed by atoms with Gasteiger partial charge in [0.25, 0.3) is 0 Å². The van der Waals surface area contributed by atoms with Crippen LogP contribution in [0.5, 0.6) is 0 Å². The first-order chi connectivity index (χ1) is 14.8. The van der Waals surface area contributed by atoms with Crippen LogP contribution >= 0.6 is 0 Å². The Balaban J connectivity index is -0.000000139. The van der Waals surface area contributed by atoms with E-state index in [0.29, 0.717) is 12.2 Å². The van der Waals surface area contributed by atoms with E-state index in [9.17, 15) is 31.1 Å². The van der Waals surface area contributed by atoms with E-state index < -0.39 is 18.5 Å². The molecule has 0 saturated heterocycles. The first-order valence-corrected chi connectivity index (χ1v) is 12.0. The molecule has 0 fully saturated rings. The number of Topliss-reactive ketones (excluding diaryl/α,β-unsaturated/α-hetero) is 1. The monoisotopic (exact) mass is 536 g/mol. The number of ketones is 1. The van der Waals surface area contributed by atoms with E-state index >= 15 is 0 Å². The summed E-state index contributed by atoms with van der Waals surface area (Å²) in [5.74, 6) is 0.337. The molecule has 2 N–H and O–H groups in total. The topological polar surface area (TPSA) is 67.3 Å². The van der Waals surface area contributed by atoms with Gasteiger partial charge in [0.15, 0.2) is 5.60 Å². The van der Waals surface area contributed by atoms with Gasteiger partial charge in [0.2, 0.25) is 0 Å². The van der Waals surface area contributed by atoms with Crippen molar-refractivity contribution in [1.29, 1.82) is 0 Å². The summed E-state index contributed by atoms with van der Waals surface area (Å²) in [5, 5.41) is 9.17. The van der Waals surface area contributed by atoms with Crippen molar-refractivity contribution in [2.45, 2.75) is 149 Å². The average Bonchev–Trinajstić information content (AvgIpc) is 2.65. The first-order valence-electron chi connectivity index (χ1n) is 12.0. The van der Waals surface area contributed by atoms with E-state index in [0.717, 1.165) is 45.4 Å². The summed E-state index contributed by atoms with van der Waals surface area (Å²) in [7, 11) is 0. The molecule has 0 radical (unpaired) electrons. The number of carbonyl (C=O) groups is 1. The minimum Gasteiger partial charge on any atom is -0.870 e. The molecule has 3 nitrogen and oxygen atoms in total. The minimum atomic E-state index is -4.50. The number of carbonyl (C=O) groups excluding carboxylic acids is 1. The molecule has 0 bridgehead atoms. The Labute approximate surface area is 245 Å². The second-order valence-corrected chi connectivity index (χ2v) is 8.46. The van der Waals surface area contributed by atoms with Gasteiger partial charge < -0.3 is 15.4 Å². The summed E-state index contributed by atoms with van der Waals surface area (Å²) < 4.78 is 65.8. The maximum absolute atomic E-state index is 12.3. The third-order valence-corrected chi connectivity index (χ3v) is 5.01. The van der Waals surface area contributed by atoms with Crippen molar-refractivity contribution >= 4 is 5.78 Å². The van der Waals surface area contributed by atoms with Gasteiger partial charge in [-0.3, -0.25) is 0 Å². The van der Waals surface area contributed by atoms with E-state index in [1.54, 1.807) is 6.92 Å². The average molecular weight is 537 g/mol. The number of halogens is 6. The molecule has 0 heterocycles. The van der Waals surface area contributed by atoms with E-state index in [2.05, 4.69) is 13.8 Å². The van der Waals surface area contributed by atoms with Crippen molar-refractivity contribution in [3.05, 3.63) is 0 Å². The minimum absolute atomic E-state index is 0. The summed E-state index contributed by atoms with van der Waals surface area (Å²) in [5.41, 5.74) is -2.52. The molecule has 0 aromatic carbocycles. The summed E-state index contributed by atoms with van der Waals surface area (Å²) >= 11 is 0. The third kappa shape index (κ3) is 40.0. The normalized spacial score (nSPS) is 12.2. The fraction of sp³-hybridized carbons (Fsp3) is 0.958. The van der Waals surface area contributed by atoms with Crippen LogP contribution in [0.3, 0.4) is 0 Å². The molecule has 0 aromatic heterocycles. The van der Waals surface area contributed by atoms with Crippen molar-refractivity contribution in [1.82, 2.24) is 0 Å². The Morgan fingerprint density at radius 3 is 1.32 bits per heavy atom. The zero-order valence-corrected chi connectivity index (χ0v) is 25.1. The van der Waals surface area contributed by atoms with Gasteiger partial charge in [0, 0.05) is 6.42 Å². The second-order valence-electron chi connectivity index (χ2n) is 8.46. The Morgan fingerprint density at radius 1 is 0.735 bits per heavy atom. The number of unbranched alkanes of at least 4 members (excludes halogenated alkanes) is 12. The number of alkyl halides is 6. The van der Waals surface area contributed by atoms with Crippen molar-refractivity contribution in [3.8, 4) is 0 Å². The maximum Gasteiger partial charge on any atom is 1.00 e. The van der Waals surface area contributed by atoms with Crippen LogP contribution in [0.15, 0.2) is 0 Å². The van der Waals surface area contributed by atoms with E-state index in [1.807, 2.05) is 0 Å². The molecular weight excluding hydrogens is 489 g/mol. The van der Waals surface area contributed by atoms with E-state index in [1.165, 1.54) is 51.4 Å². The summed E-state index contributed by atoms with van der Waals surface area (Å²) in [6.45, 7) is 3.22. The molecule has 204 valence electrons. The van der Waals surface area contributed by atoms with Crippen LogP contribution in [0.1, 0.15) is 130 Å². The van der Waals surface area contributed by atoms with Gasteiger partial charge >= 0.3 is 64.2 Å². The molecule has 0 saturated carbocycles. The Kier molecular flexibility index (Phi) is 39.6. The number of aliphatic hydroxyl groups is 1. The summed E-state index contributed by atoms with van der Waals surface area (Å²) in [6, 6.07) is 0. The number of hydrogen-bond donors (Lipinski definition) is 1. The van der Waals surface area contributed by atoms with Crippen LogP contribution in [0, 0.1) is 0 Å². The molecule has 0 amide bonds. The molecule has 0 aliphatic rings. The zero-order chi connectivity index (χ0) is 25.5. The molecular formula is C24H47F6KO3.